The summed E-state index contributed by atoms with van der Waals surface area (Å²) in [6.07, 6.45) is 2.62. The van der Waals surface area contributed by atoms with E-state index in [9.17, 15) is 13.2 Å². The Hall–Kier alpha value is -2.03. The molecule has 0 N–H and O–H groups in total. The number of fused-ring (bicyclic) bond motifs is 2. The molecule has 3 aromatic rings. The van der Waals surface area contributed by atoms with Crippen molar-refractivity contribution in [3.63, 3.8) is 0 Å². The number of benzene rings is 3. The van der Waals surface area contributed by atoms with Crippen molar-refractivity contribution in [2.45, 2.75) is 39.5 Å². The quantitative estimate of drug-likeness (QED) is 0.494. The number of aryl methyl sites for hydroxylation is 2. The molecule has 0 unspecified atom stereocenters. The smallest absolute Gasteiger partial charge is 0.144 e. The van der Waals surface area contributed by atoms with Crippen molar-refractivity contribution in [2.24, 2.45) is 0 Å². The zero-order valence-corrected chi connectivity index (χ0v) is 13.3. The van der Waals surface area contributed by atoms with Crippen molar-refractivity contribution in [3.8, 4) is 0 Å². The molecule has 0 radical (unpaired) electrons. The van der Waals surface area contributed by atoms with Crippen LogP contribution in [0.1, 0.15) is 37.8 Å². The molecule has 0 nitrogen and oxygen atoms in total. The van der Waals surface area contributed by atoms with Gasteiger partial charge in [0.1, 0.15) is 17.5 Å². The summed E-state index contributed by atoms with van der Waals surface area (Å²) in [6, 6.07) is 8.46. The molecule has 0 bridgehead atoms. The van der Waals surface area contributed by atoms with Crippen LogP contribution in [0.25, 0.3) is 21.5 Å². The molecule has 0 saturated carbocycles. The standard InChI is InChI=1S/C20H19F3/c1-3-5-12-7-9-14-11-15-10-8-13(6-4-2)19(22)17(15)20(23)16(14)18(12)21/h7-11H,3-6H2,1-2H3. The van der Waals surface area contributed by atoms with Crippen LogP contribution in [0.5, 0.6) is 0 Å². The van der Waals surface area contributed by atoms with E-state index in [-0.39, 0.29) is 10.8 Å². The number of halogens is 3. The van der Waals surface area contributed by atoms with Gasteiger partial charge in [0.2, 0.25) is 0 Å². The first-order valence-electron chi connectivity index (χ1n) is 8.09. The molecule has 120 valence electrons. The maximum atomic E-state index is 14.9. The molecular formula is C20H19F3. The number of hydrogen-bond acceptors (Lipinski definition) is 0. The predicted octanol–water partition coefficient (Wildman–Crippen LogP) is 6.32. The third-order valence-corrected chi connectivity index (χ3v) is 4.30. The highest BCUT2D eigenvalue weighted by molar-refractivity contribution is 6.00. The molecule has 0 saturated heterocycles. The maximum absolute atomic E-state index is 14.9. The molecule has 0 aliphatic heterocycles. The van der Waals surface area contributed by atoms with E-state index >= 15 is 0 Å². The average molecular weight is 316 g/mol. The van der Waals surface area contributed by atoms with Crippen molar-refractivity contribution in [3.05, 3.63) is 58.9 Å². The summed E-state index contributed by atoms with van der Waals surface area (Å²) in [5, 5.41) is 0.733. The van der Waals surface area contributed by atoms with Crippen LogP contribution < -0.4 is 0 Å². The molecule has 3 aromatic carbocycles. The highest BCUT2D eigenvalue weighted by atomic mass is 19.1. The largest absolute Gasteiger partial charge is 0.206 e. The molecule has 0 aromatic heterocycles. The zero-order chi connectivity index (χ0) is 16.6. The lowest BCUT2D eigenvalue weighted by atomic mass is 9.96. The van der Waals surface area contributed by atoms with Crippen LogP contribution in [-0.2, 0) is 12.8 Å². The molecule has 3 heteroatoms. The number of hydrogen-bond donors (Lipinski definition) is 0. The fourth-order valence-corrected chi connectivity index (χ4v) is 3.17. The topological polar surface area (TPSA) is 0 Å². The predicted molar refractivity (Wildman–Crippen MR) is 89.3 cm³/mol. The molecular weight excluding hydrogens is 297 g/mol. The van der Waals surface area contributed by atoms with Crippen LogP contribution in [0.2, 0.25) is 0 Å². The second kappa shape index (κ2) is 6.23. The van der Waals surface area contributed by atoms with E-state index in [1.807, 2.05) is 13.8 Å². The minimum Gasteiger partial charge on any atom is -0.206 e. The van der Waals surface area contributed by atoms with E-state index < -0.39 is 17.5 Å². The van der Waals surface area contributed by atoms with E-state index in [4.69, 9.17) is 0 Å². The number of rotatable bonds is 4. The van der Waals surface area contributed by atoms with Gasteiger partial charge in [-0.25, -0.2) is 13.2 Å². The van der Waals surface area contributed by atoms with Crippen molar-refractivity contribution in [1.82, 2.24) is 0 Å². The van der Waals surface area contributed by atoms with E-state index in [0.717, 1.165) is 12.8 Å². The van der Waals surface area contributed by atoms with E-state index in [1.165, 1.54) is 0 Å². The van der Waals surface area contributed by atoms with Crippen LogP contribution in [0, 0.1) is 17.5 Å². The average Bonchev–Trinajstić information content (AvgIpc) is 2.53. The Labute approximate surface area is 133 Å². The molecule has 0 aliphatic carbocycles. The summed E-state index contributed by atoms with van der Waals surface area (Å²) < 4.78 is 44.3. The van der Waals surface area contributed by atoms with Gasteiger partial charge in [-0.3, -0.25) is 0 Å². The van der Waals surface area contributed by atoms with Crippen molar-refractivity contribution >= 4 is 21.5 Å². The monoisotopic (exact) mass is 316 g/mol. The first-order valence-corrected chi connectivity index (χ1v) is 8.09. The summed E-state index contributed by atoms with van der Waals surface area (Å²) in [4.78, 5) is 0. The highest BCUT2D eigenvalue weighted by Crippen LogP contribution is 2.33. The Balaban J connectivity index is 2.38. The van der Waals surface area contributed by atoms with Gasteiger partial charge in [0.15, 0.2) is 0 Å². The van der Waals surface area contributed by atoms with Gasteiger partial charge in [-0.1, -0.05) is 51.0 Å². The van der Waals surface area contributed by atoms with Crippen LogP contribution in [-0.4, -0.2) is 0 Å². The molecule has 3 rings (SSSR count). The van der Waals surface area contributed by atoms with Crippen LogP contribution in [0.4, 0.5) is 13.2 Å². The lowest BCUT2D eigenvalue weighted by Gasteiger charge is -2.11. The minimum absolute atomic E-state index is 0.101. The summed E-state index contributed by atoms with van der Waals surface area (Å²) >= 11 is 0. The molecule has 0 amide bonds. The zero-order valence-electron chi connectivity index (χ0n) is 13.3. The van der Waals surface area contributed by atoms with Gasteiger partial charge in [-0.05, 0) is 40.8 Å². The third kappa shape index (κ3) is 2.58. The highest BCUT2D eigenvalue weighted by Gasteiger charge is 2.18. The van der Waals surface area contributed by atoms with Crippen LogP contribution in [0.3, 0.4) is 0 Å². The van der Waals surface area contributed by atoms with E-state index in [0.29, 0.717) is 34.7 Å². The van der Waals surface area contributed by atoms with Gasteiger partial charge in [-0.15, -0.1) is 0 Å². The molecule has 0 heterocycles. The fraction of sp³-hybridized carbons (Fsp3) is 0.300. The van der Waals surface area contributed by atoms with Crippen LogP contribution >= 0.6 is 0 Å². The normalized spacial score (nSPS) is 11.5. The van der Waals surface area contributed by atoms with Crippen molar-refractivity contribution in [1.29, 1.82) is 0 Å². The second-order valence-corrected chi connectivity index (χ2v) is 5.96. The first-order chi connectivity index (χ1) is 11.1. The second-order valence-electron chi connectivity index (χ2n) is 5.96. The Morgan fingerprint density at radius 3 is 1.48 bits per heavy atom. The fourth-order valence-electron chi connectivity index (χ4n) is 3.17. The summed E-state index contributed by atoms with van der Waals surface area (Å²) in [5.74, 6) is -1.92. The van der Waals surface area contributed by atoms with E-state index in [1.54, 1.807) is 30.3 Å². The van der Waals surface area contributed by atoms with Gasteiger partial charge in [0.05, 0.1) is 10.8 Å². The Morgan fingerprint density at radius 1 is 0.652 bits per heavy atom. The van der Waals surface area contributed by atoms with E-state index in [2.05, 4.69) is 0 Å². The Kier molecular flexibility index (Phi) is 4.29. The van der Waals surface area contributed by atoms with Gasteiger partial charge < -0.3 is 0 Å². The first kappa shape index (κ1) is 15.9. The lowest BCUT2D eigenvalue weighted by molar-refractivity contribution is 0.587. The van der Waals surface area contributed by atoms with Gasteiger partial charge in [-0.2, -0.15) is 0 Å². The summed E-state index contributed by atoms with van der Waals surface area (Å²) in [5.41, 5.74) is 0.951. The third-order valence-electron chi connectivity index (χ3n) is 4.30. The van der Waals surface area contributed by atoms with Crippen LogP contribution in [0.15, 0.2) is 30.3 Å². The summed E-state index contributed by atoms with van der Waals surface area (Å²) in [7, 11) is 0. The summed E-state index contributed by atoms with van der Waals surface area (Å²) in [6.45, 7) is 3.88. The van der Waals surface area contributed by atoms with Crippen molar-refractivity contribution in [2.75, 3.05) is 0 Å². The molecule has 0 spiro atoms. The van der Waals surface area contributed by atoms with Gasteiger partial charge in [0, 0.05) is 0 Å². The minimum atomic E-state index is -0.789. The molecule has 0 aliphatic rings. The van der Waals surface area contributed by atoms with Crippen molar-refractivity contribution < 1.29 is 13.2 Å². The maximum Gasteiger partial charge on any atom is 0.144 e. The van der Waals surface area contributed by atoms with Gasteiger partial charge >= 0.3 is 0 Å². The lowest BCUT2D eigenvalue weighted by Crippen LogP contribution is -1.98. The molecule has 0 atom stereocenters. The SMILES string of the molecule is CCCc1ccc2cc3ccc(CCC)c(F)c3c(F)c2c1F. The Morgan fingerprint density at radius 2 is 1.09 bits per heavy atom. The Bertz CT molecular complexity index is 811. The molecule has 0 fully saturated rings. The molecule has 23 heavy (non-hydrogen) atoms. The van der Waals surface area contributed by atoms with Gasteiger partial charge in [0.25, 0.3) is 0 Å².